The molecule has 2 saturated heterocycles. The predicted molar refractivity (Wildman–Crippen MR) is 66.2 cm³/mol. The maximum atomic E-state index is 12.2. The molecule has 0 radical (unpaired) electrons. The molecule has 0 aromatic carbocycles. The number of hydrogen-bond donors (Lipinski definition) is 1. The van der Waals surface area contributed by atoms with Crippen LogP contribution in [-0.2, 0) is 14.3 Å². The van der Waals surface area contributed by atoms with Crippen molar-refractivity contribution in [1.82, 2.24) is 4.90 Å². The Balaban J connectivity index is 1.86. The van der Waals surface area contributed by atoms with Gasteiger partial charge in [0.25, 0.3) is 0 Å². The molecule has 2 atom stereocenters. The van der Waals surface area contributed by atoms with Crippen LogP contribution >= 0.6 is 0 Å². The van der Waals surface area contributed by atoms with Crippen molar-refractivity contribution in [3.63, 3.8) is 0 Å². The largest absolute Gasteiger partial charge is 0.388 e. The second-order valence-electron chi connectivity index (χ2n) is 5.61. The van der Waals surface area contributed by atoms with E-state index < -0.39 is 5.60 Å². The van der Waals surface area contributed by atoms with Crippen LogP contribution in [-0.4, -0.2) is 61.0 Å². The van der Waals surface area contributed by atoms with Crippen molar-refractivity contribution in [2.45, 2.75) is 37.9 Å². The quantitative estimate of drug-likeness (QED) is 0.795. The SMILES string of the molecule is CC1CC(C(=O)N(C)CC2(O)CCOCC2)CO1. The van der Waals surface area contributed by atoms with E-state index in [2.05, 4.69) is 0 Å². The first-order valence-corrected chi connectivity index (χ1v) is 6.67. The molecule has 2 fully saturated rings. The number of rotatable bonds is 3. The highest BCUT2D eigenvalue weighted by atomic mass is 16.5. The molecular formula is C13H23NO4. The molecule has 5 heteroatoms. The van der Waals surface area contributed by atoms with Gasteiger partial charge in [0.2, 0.25) is 5.91 Å². The minimum Gasteiger partial charge on any atom is -0.388 e. The van der Waals surface area contributed by atoms with Gasteiger partial charge in [-0.3, -0.25) is 4.79 Å². The number of nitrogens with zero attached hydrogens (tertiary/aromatic N) is 1. The van der Waals surface area contributed by atoms with Gasteiger partial charge in [0.15, 0.2) is 0 Å². The van der Waals surface area contributed by atoms with Gasteiger partial charge in [0.1, 0.15) is 0 Å². The molecule has 104 valence electrons. The van der Waals surface area contributed by atoms with Crippen molar-refractivity contribution in [2.75, 3.05) is 33.4 Å². The highest BCUT2D eigenvalue weighted by Gasteiger charge is 2.36. The Hall–Kier alpha value is -0.650. The van der Waals surface area contributed by atoms with Crippen LogP contribution in [0.2, 0.25) is 0 Å². The molecule has 0 spiro atoms. The average molecular weight is 257 g/mol. The molecule has 0 bridgehead atoms. The molecule has 2 aliphatic rings. The maximum Gasteiger partial charge on any atom is 0.227 e. The molecule has 0 aromatic rings. The van der Waals surface area contributed by atoms with Crippen LogP contribution in [0.25, 0.3) is 0 Å². The Morgan fingerprint density at radius 1 is 1.44 bits per heavy atom. The third kappa shape index (κ3) is 3.22. The van der Waals surface area contributed by atoms with Gasteiger partial charge in [-0.1, -0.05) is 0 Å². The third-order valence-corrected chi connectivity index (χ3v) is 3.88. The molecule has 0 aliphatic carbocycles. The van der Waals surface area contributed by atoms with Crippen LogP contribution in [0.15, 0.2) is 0 Å². The molecule has 0 saturated carbocycles. The zero-order valence-electron chi connectivity index (χ0n) is 11.2. The Bertz CT molecular complexity index is 301. The number of hydrogen-bond acceptors (Lipinski definition) is 4. The summed E-state index contributed by atoms with van der Waals surface area (Å²) in [5.74, 6) is 0.0349. The van der Waals surface area contributed by atoms with Gasteiger partial charge in [-0.05, 0) is 13.3 Å². The lowest BCUT2D eigenvalue weighted by atomic mass is 9.93. The fourth-order valence-corrected chi connectivity index (χ4v) is 2.73. The first-order chi connectivity index (χ1) is 8.50. The lowest BCUT2D eigenvalue weighted by Crippen LogP contribution is -2.48. The minimum atomic E-state index is -0.784. The van der Waals surface area contributed by atoms with E-state index >= 15 is 0 Å². The van der Waals surface area contributed by atoms with Crippen molar-refractivity contribution in [3.8, 4) is 0 Å². The fourth-order valence-electron chi connectivity index (χ4n) is 2.73. The standard InChI is InChI=1S/C13H23NO4/c1-10-7-11(8-18-10)12(15)14(2)9-13(16)3-5-17-6-4-13/h10-11,16H,3-9H2,1-2H3. The lowest BCUT2D eigenvalue weighted by molar-refractivity contribution is -0.140. The van der Waals surface area contributed by atoms with Gasteiger partial charge in [0, 0.05) is 39.6 Å². The van der Waals surface area contributed by atoms with E-state index in [9.17, 15) is 9.90 Å². The zero-order valence-corrected chi connectivity index (χ0v) is 11.2. The lowest BCUT2D eigenvalue weighted by Gasteiger charge is -2.36. The second-order valence-corrected chi connectivity index (χ2v) is 5.61. The third-order valence-electron chi connectivity index (χ3n) is 3.88. The first kappa shape index (κ1) is 13.8. The van der Waals surface area contributed by atoms with E-state index in [1.54, 1.807) is 11.9 Å². The van der Waals surface area contributed by atoms with Gasteiger partial charge in [-0.25, -0.2) is 0 Å². The summed E-state index contributed by atoms with van der Waals surface area (Å²) in [6.07, 6.45) is 2.15. The first-order valence-electron chi connectivity index (χ1n) is 6.67. The van der Waals surface area contributed by atoms with Crippen molar-refractivity contribution < 1.29 is 19.4 Å². The fraction of sp³-hybridized carbons (Fsp3) is 0.923. The van der Waals surface area contributed by atoms with Crippen molar-refractivity contribution in [2.24, 2.45) is 5.92 Å². The molecule has 1 N–H and O–H groups in total. The van der Waals surface area contributed by atoms with E-state index in [1.807, 2.05) is 6.92 Å². The topological polar surface area (TPSA) is 59.0 Å². The zero-order chi connectivity index (χ0) is 13.2. The van der Waals surface area contributed by atoms with Crippen molar-refractivity contribution >= 4 is 5.91 Å². The molecule has 5 nitrogen and oxygen atoms in total. The summed E-state index contributed by atoms with van der Waals surface area (Å²) in [4.78, 5) is 13.9. The summed E-state index contributed by atoms with van der Waals surface area (Å²) in [6, 6.07) is 0. The predicted octanol–water partition coefficient (Wildman–Crippen LogP) is 0.411. The number of carbonyl (C=O) groups excluding carboxylic acids is 1. The second kappa shape index (κ2) is 5.55. The van der Waals surface area contributed by atoms with Crippen LogP contribution in [0, 0.1) is 5.92 Å². The van der Waals surface area contributed by atoms with Crippen molar-refractivity contribution in [1.29, 1.82) is 0 Å². The number of aliphatic hydroxyl groups is 1. The summed E-state index contributed by atoms with van der Waals surface area (Å²) >= 11 is 0. The Morgan fingerprint density at radius 2 is 2.11 bits per heavy atom. The highest BCUT2D eigenvalue weighted by Crippen LogP contribution is 2.24. The Kier molecular flexibility index (Phi) is 4.25. The molecular weight excluding hydrogens is 234 g/mol. The molecule has 2 heterocycles. The smallest absolute Gasteiger partial charge is 0.227 e. The molecule has 18 heavy (non-hydrogen) atoms. The van der Waals surface area contributed by atoms with Crippen LogP contribution in [0.1, 0.15) is 26.2 Å². The summed E-state index contributed by atoms with van der Waals surface area (Å²) in [7, 11) is 1.76. The Morgan fingerprint density at radius 3 is 2.67 bits per heavy atom. The number of likely N-dealkylation sites (N-methyl/N-ethyl adjacent to an activating group) is 1. The van der Waals surface area contributed by atoms with Crippen molar-refractivity contribution in [3.05, 3.63) is 0 Å². The van der Waals surface area contributed by atoms with Gasteiger partial charge in [0.05, 0.1) is 24.2 Å². The van der Waals surface area contributed by atoms with Gasteiger partial charge in [-0.2, -0.15) is 0 Å². The van der Waals surface area contributed by atoms with E-state index in [4.69, 9.17) is 9.47 Å². The van der Waals surface area contributed by atoms with E-state index in [-0.39, 0.29) is 17.9 Å². The normalized spacial score (nSPS) is 31.3. The van der Waals surface area contributed by atoms with Gasteiger partial charge >= 0.3 is 0 Å². The highest BCUT2D eigenvalue weighted by molar-refractivity contribution is 5.79. The molecule has 2 unspecified atom stereocenters. The van der Waals surface area contributed by atoms with Gasteiger partial charge < -0.3 is 19.5 Å². The minimum absolute atomic E-state index is 0.0477. The summed E-state index contributed by atoms with van der Waals surface area (Å²) in [5.41, 5.74) is -0.784. The summed E-state index contributed by atoms with van der Waals surface area (Å²) in [5, 5.41) is 10.4. The Labute approximate surface area is 108 Å². The summed E-state index contributed by atoms with van der Waals surface area (Å²) in [6.45, 7) is 4.02. The molecule has 2 aliphatic heterocycles. The number of carbonyl (C=O) groups is 1. The van der Waals surface area contributed by atoms with E-state index in [1.165, 1.54) is 0 Å². The van der Waals surface area contributed by atoms with Crippen LogP contribution in [0.4, 0.5) is 0 Å². The van der Waals surface area contributed by atoms with E-state index in [0.29, 0.717) is 39.2 Å². The maximum absolute atomic E-state index is 12.2. The molecule has 1 amide bonds. The van der Waals surface area contributed by atoms with Crippen LogP contribution < -0.4 is 0 Å². The van der Waals surface area contributed by atoms with Crippen LogP contribution in [0.5, 0.6) is 0 Å². The average Bonchev–Trinajstić information content (AvgIpc) is 2.75. The number of amides is 1. The monoisotopic (exact) mass is 257 g/mol. The summed E-state index contributed by atoms with van der Waals surface area (Å²) < 4.78 is 10.7. The van der Waals surface area contributed by atoms with Crippen LogP contribution in [0.3, 0.4) is 0 Å². The van der Waals surface area contributed by atoms with Gasteiger partial charge in [-0.15, -0.1) is 0 Å². The van der Waals surface area contributed by atoms with E-state index in [0.717, 1.165) is 6.42 Å². The number of ether oxygens (including phenoxy) is 2. The molecule has 0 aromatic heterocycles. The molecule has 2 rings (SSSR count).